The zero-order chi connectivity index (χ0) is 17.2. The van der Waals surface area contributed by atoms with Crippen molar-refractivity contribution in [2.75, 3.05) is 0 Å². The van der Waals surface area contributed by atoms with Crippen molar-refractivity contribution in [1.29, 1.82) is 0 Å². The van der Waals surface area contributed by atoms with Gasteiger partial charge in [0.1, 0.15) is 5.82 Å². The zero-order valence-electron chi connectivity index (χ0n) is 12.0. The molecule has 3 nitrogen and oxygen atoms in total. The Morgan fingerprint density at radius 3 is 2.42 bits per heavy atom. The molecule has 0 spiro atoms. The third kappa shape index (κ3) is 3.76. The molecule has 24 heavy (non-hydrogen) atoms. The van der Waals surface area contributed by atoms with E-state index in [1.807, 2.05) is 30.3 Å². The molecule has 0 saturated heterocycles. The molecule has 124 valence electrons. The molecular formula is C16H10F4N2OS. The Hall–Kier alpha value is -2.35. The first-order valence-electron chi connectivity index (χ1n) is 6.81. The summed E-state index contributed by atoms with van der Waals surface area (Å²) >= 11 is 1.53. The van der Waals surface area contributed by atoms with Crippen molar-refractivity contribution in [3.63, 3.8) is 0 Å². The molecule has 3 aromatic rings. The highest BCUT2D eigenvalue weighted by Crippen LogP contribution is 2.31. The van der Waals surface area contributed by atoms with Crippen molar-refractivity contribution >= 4 is 11.8 Å². The monoisotopic (exact) mass is 354 g/mol. The number of aromatic nitrogens is 2. The largest absolute Gasteiger partial charge is 0.471 e. The molecule has 0 atom stereocenters. The van der Waals surface area contributed by atoms with Crippen LogP contribution in [-0.4, -0.2) is 10.1 Å². The summed E-state index contributed by atoms with van der Waals surface area (Å²) in [5.74, 6) is -2.10. The van der Waals surface area contributed by atoms with Crippen molar-refractivity contribution in [3.05, 3.63) is 65.8 Å². The summed E-state index contributed by atoms with van der Waals surface area (Å²) in [6, 6.07) is 13.8. The Morgan fingerprint density at radius 1 is 1.04 bits per heavy atom. The topological polar surface area (TPSA) is 38.9 Å². The van der Waals surface area contributed by atoms with Gasteiger partial charge in [-0.3, -0.25) is 0 Å². The zero-order valence-corrected chi connectivity index (χ0v) is 12.9. The number of benzene rings is 2. The summed E-state index contributed by atoms with van der Waals surface area (Å²) in [7, 11) is 0. The molecule has 3 rings (SSSR count). The Labute approximate surface area is 138 Å². The Balaban J connectivity index is 1.76. The maximum atomic E-state index is 14.2. The minimum absolute atomic E-state index is 0.136. The van der Waals surface area contributed by atoms with Gasteiger partial charge in [-0.15, -0.1) is 11.8 Å². The summed E-state index contributed by atoms with van der Waals surface area (Å²) in [4.78, 5) is 4.22. The summed E-state index contributed by atoms with van der Waals surface area (Å²) in [6.45, 7) is 0. The highest BCUT2D eigenvalue weighted by Gasteiger charge is 2.38. The fraction of sp³-hybridized carbons (Fsp3) is 0.125. The third-order valence-electron chi connectivity index (χ3n) is 3.09. The maximum absolute atomic E-state index is 14.2. The average molecular weight is 354 g/mol. The first kappa shape index (κ1) is 16.5. The van der Waals surface area contributed by atoms with Crippen LogP contribution in [0.2, 0.25) is 0 Å². The fourth-order valence-electron chi connectivity index (χ4n) is 1.96. The van der Waals surface area contributed by atoms with Crippen LogP contribution in [0.15, 0.2) is 57.9 Å². The fourth-order valence-corrected chi connectivity index (χ4v) is 2.82. The predicted octanol–water partition coefficient (Wildman–Crippen LogP) is 5.19. The van der Waals surface area contributed by atoms with Crippen molar-refractivity contribution < 1.29 is 22.1 Å². The molecule has 0 saturated carbocycles. The number of thioether (sulfide) groups is 1. The lowest BCUT2D eigenvalue weighted by atomic mass is 10.1. The molecule has 0 amide bonds. The van der Waals surface area contributed by atoms with Crippen molar-refractivity contribution in [2.45, 2.75) is 16.8 Å². The standard InChI is InChI=1S/C16H10F4N2OS/c17-13-8-10(9-24-11-4-2-1-3-5-11)6-7-12(13)14-21-15(23-22-14)16(18,19)20/h1-8H,9H2. The number of hydrogen-bond donors (Lipinski definition) is 0. The summed E-state index contributed by atoms with van der Waals surface area (Å²) in [6.07, 6.45) is -4.76. The van der Waals surface area contributed by atoms with E-state index in [4.69, 9.17) is 0 Å². The van der Waals surface area contributed by atoms with E-state index in [0.29, 0.717) is 11.3 Å². The maximum Gasteiger partial charge on any atom is 0.471 e. The Bertz CT molecular complexity index is 834. The van der Waals surface area contributed by atoms with Gasteiger partial charge < -0.3 is 4.52 Å². The van der Waals surface area contributed by atoms with E-state index in [2.05, 4.69) is 14.7 Å². The van der Waals surface area contributed by atoms with Crippen molar-refractivity contribution in [3.8, 4) is 11.4 Å². The van der Waals surface area contributed by atoms with Crippen LogP contribution in [0, 0.1) is 5.82 Å². The third-order valence-corrected chi connectivity index (χ3v) is 4.17. The van der Waals surface area contributed by atoms with E-state index in [-0.39, 0.29) is 5.56 Å². The van der Waals surface area contributed by atoms with Crippen LogP contribution in [0.25, 0.3) is 11.4 Å². The van der Waals surface area contributed by atoms with Crippen molar-refractivity contribution in [1.82, 2.24) is 10.1 Å². The van der Waals surface area contributed by atoms with Gasteiger partial charge in [0.15, 0.2) is 0 Å². The highest BCUT2D eigenvalue weighted by atomic mass is 32.2. The quantitative estimate of drug-likeness (QED) is 0.478. The van der Waals surface area contributed by atoms with E-state index >= 15 is 0 Å². The molecule has 1 heterocycles. The second-order valence-electron chi connectivity index (χ2n) is 4.84. The van der Waals surface area contributed by atoms with E-state index in [0.717, 1.165) is 4.90 Å². The summed E-state index contributed by atoms with van der Waals surface area (Å²) < 4.78 is 55.6. The highest BCUT2D eigenvalue weighted by molar-refractivity contribution is 7.98. The van der Waals surface area contributed by atoms with E-state index in [1.165, 1.54) is 23.9 Å². The number of hydrogen-bond acceptors (Lipinski definition) is 4. The number of halogens is 4. The second-order valence-corrected chi connectivity index (χ2v) is 5.89. The Kier molecular flexibility index (Phi) is 4.57. The van der Waals surface area contributed by atoms with Gasteiger partial charge in [-0.05, 0) is 29.8 Å². The molecule has 0 aliphatic heterocycles. The first-order chi connectivity index (χ1) is 11.4. The van der Waals surface area contributed by atoms with Gasteiger partial charge >= 0.3 is 12.1 Å². The van der Waals surface area contributed by atoms with Gasteiger partial charge in [0.2, 0.25) is 5.82 Å². The van der Waals surface area contributed by atoms with Crippen LogP contribution in [0.5, 0.6) is 0 Å². The lowest BCUT2D eigenvalue weighted by Gasteiger charge is -2.04. The van der Waals surface area contributed by atoms with Crippen molar-refractivity contribution in [2.24, 2.45) is 0 Å². The summed E-state index contributed by atoms with van der Waals surface area (Å²) in [5.41, 5.74) is 0.562. The van der Waals surface area contributed by atoms with Gasteiger partial charge in [-0.2, -0.15) is 18.2 Å². The molecule has 8 heteroatoms. The minimum Gasteiger partial charge on any atom is -0.329 e. The van der Waals surface area contributed by atoms with Crippen LogP contribution in [0.4, 0.5) is 17.6 Å². The lowest BCUT2D eigenvalue weighted by Crippen LogP contribution is -2.04. The normalized spacial score (nSPS) is 11.7. The molecule has 0 N–H and O–H groups in total. The van der Waals surface area contributed by atoms with Crippen LogP contribution in [0.1, 0.15) is 11.5 Å². The number of alkyl halides is 3. The van der Waals surface area contributed by atoms with Crippen LogP contribution in [0.3, 0.4) is 0 Å². The average Bonchev–Trinajstić information content (AvgIpc) is 3.04. The molecular weight excluding hydrogens is 344 g/mol. The van der Waals surface area contributed by atoms with Crippen LogP contribution >= 0.6 is 11.8 Å². The van der Waals surface area contributed by atoms with Gasteiger partial charge in [0, 0.05) is 10.6 Å². The second kappa shape index (κ2) is 6.64. The first-order valence-corrected chi connectivity index (χ1v) is 7.79. The van der Waals surface area contributed by atoms with E-state index in [9.17, 15) is 17.6 Å². The Morgan fingerprint density at radius 2 is 1.79 bits per heavy atom. The lowest BCUT2D eigenvalue weighted by molar-refractivity contribution is -0.159. The molecule has 0 fully saturated rings. The predicted molar refractivity (Wildman–Crippen MR) is 80.7 cm³/mol. The molecule has 0 unspecified atom stereocenters. The smallest absolute Gasteiger partial charge is 0.329 e. The SMILES string of the molecule is Fc1cc(CSc2ccccc2)ccc1-c1noc(C(F)(F)F)n1. The molecule has 1 aromatic heterocycles. The van der Waals surface area contributed by atoms with Gasteiger partial charge in [-0.1, -0.05) is 29.4 Å². The number of nitrogens with zero attached hydrogens (tertiary/aromatic N) is 2. The molecule has 0 radical (unpaired) electrons. The van der Waals surface area contributed by atoms with Crippen LogP contribution < -0.4 is 0 Å². The van der Waals surface area contributed by atoms with E-state index in [1.54, 1.807) is 6.07 Å². The number of rotatable bonds is 4. The van der Waals surface area contributed by atoms with Crippen LogP contribution in [-0.2, 0) is 11.9 Å². The molecule has 0 aliphatic carbocycles. The van der Waals surface area contributed by atoms with Gasteiger partial charge in [-0.25, -0.2) is 4.39 Å². The van der Waals surface area contributed by atoms with Gasteiger partial charge in [0.25, 0.3) is 0 Å². The summed E-state index contributed by atoms with van der Waals surface area (Å²) in [5, 5.41) is 3.19. The molecule has 0 aliphatic rings. The van der Waals surface area contributed by atoms with E-state index < -0.39 is 23.7 Å². The molecule has 2 aromatic carbocycles. The molecule has 0 bridgehead atoms. The van der Waals surface area contributed by atoms with Gasteiger partial charge in [0.05, 0.1) is 5.56 Å². The minimum atomic E-state index is -4.76.